The van der Waals surface area contributed by atoms with Crippen LogP contribution in [0.3, 0.4) is 0 Å². The van der Waals surface area contributed by atoms with Crippen molar-refractivity contribution in [1.82, 2.24) is 4.98 Å². The Morgan fingerprint density at radius 1 is 1.24 bits per heavy atom. The van der Waals surface area contributed by atoms with Crippen LogP contribution >= 0.6 is 0 Å². The monoisotopic (exact) mass is 411 g/mol. The lowest BCUT2D eigenvalue weighted by atomic mass is 9.83. The molecule has 156 valence electrons. The number of aliphatic hydroxyl groups excluding tert-OH is 1. The van der Waals surface area contributed by atoms with Gasteiger partial charge in [-0.2, -0.15) is 13.2 Å². The molecule has 9 heteroatoms. The van der Waals surface area contributed by atoms with Crippen LogP contribution in [0.2, 0.25) is 0 Å². The molecule has 6 nitrogen and oxygen atoms in total. The van der Waals surface area contributed by atoms with Crippen LogP contribution in [-0.4, -0.2) is 34.6 Å². The van der Waals surface area contributed by atoms with Gasteiger partial charge in [0, 0.05) is 30.4 Å². The molecular formula is C20H20F3NO5. The first-order valence-electron chi connectivity index (χ1n) is 9.58. The van der Waals surface area contributed by atoms with Gasteiger partial charge in [0.05, 0.1) is 12.3 Å². The Labute approximate surface area is 164 Å². The molecule has 29 heavy (non-hydrogen) atoms. The number of ether oxygens (including phenoxy) is 2. The van der Waals surface area contributed by atoms with Gasteiger partial charge in [0.1, 0.15) is 17.0 Å². The lowest BCUT2D eigenvalue weighted by Gasteiger charge is -2.21. The van der Waals surface area contributed by atoms with Crippen molar-refractivity contribution in [1.29, 1.82) is 0 Å². The number of nitrogens with zero attached hydrogens (tertiary/aromatic N) is 1. The topological polar surface area (TPSA) is 85.7 Å². The van der Waals surface area contributed by atoms with E-state index < -0.39 is 29.7 Å². The number of carbonyl (C=O) groups is 2. The minimum absolute atomic E-state index is 0.174. The third-order valence-electron chi connectivity index (χ3n) is 5.72. The molecule has 0 aromatic carbocycles. The highest BCUT2D eigenvalue weighted by atomic mass is 19.4. The summed E-state index contributed by atoms with van der Waals surface area (Å²) in [4.78, 5) is 29.3. The number of halogens is 3. The van der Waals surface area contributed by atoms with E-state index in [0.717, 1.165) is 12.5 Å². The normalized spacial score (nSPS) is 27.0. The maximum absolute atomic E-state index is 13.1. The second kappa shape index (κ2) is 7.53. The summed E-state index contributed by atoms with van der Waals surface area (Å²) in [5.74, 6) is -2.11. The number of ketones is 2. The van der Waals surface area contributed by atoms with Crippen LogP contribution in [0.15, 0.2) is 23.5 Å². The quantitative estimate of drug-likeness (QED) is 0.587. The summed E-state index contributed by atoms with van der Waals surface area (Å²) < 4.78 is 50.1. The zero-order valence-electron chi connectivity index (χ0n) is 15.5. The van der Waals surface area contributed by atoms with E-state index in [-0.39, 0.29) is 41.0 Å². The van der Waals surface area contributed by atoms with Crippen LogP contribution < -0.4 is 0 Å². The third-order valence-corrected chi connectivity index (χ3v) is 5.72. The Hall–Kier alpha value is -2.26. The summed E-state index contributed by atoms with van der Waals surface area (Å²) in [6, 6.07) is 1.69. The van der Waals surface area contributed by atoms with E-state index in [1.165, 1.54) is 0 Å². The molecule has 2 aliphatic carbocycles. The van der Waals surface area contributed by atoms with Crippen LogP contribution in [0.4, 0.5) is 13.2 Å². The fourth-order valence-electron chi connectivity index (χ4n) is 4.19. The maximum Gasteiger partial charge on any atom is 0.433 e. The molecule has 0 spiro atoms. The van der Waals surface area contributed by atoms with Crippen molar-refractivity contribution < 1.29 is 37.3 Å². The van der Waals surface area contributed by atoms with Crippen LogP contribution in [-0.2, 0) is 27.1 Å². The molecule has 0 amide bonds. The third kappa shape index (κ3) is 3.81. The summed E-state index contributed by atoms with van der Waals surface area (Å²) in [7, 11) is 0. The molecule has 2 heterocycles. The Morgan fingerprint density at radius 3 is 2.69 bits per heavy atom. The Morgan fingerprint density at radius 2 is 2.00 bits per heavy atom. The Balaban J connectivity index is 1.68. The average Bonchev–Trinajstić information content (AvgIpc) is 3.35. The van der Waals surface area contributed by atoms with Gasteiger partial charge < -0.3 is 14.6 Å². The van der Waals surface area contributed by atoms with Gasteiger partial charge >= 0.3 is 6.18 Å². The molecule has 1 saturated heterocycles. The molecule has 3 unspecified atom stereocenters. The maximum atomic E-state index is 13.1. The van der Waals surface area contributed by atoms with E-state index in [2.05, 4.69) is 4.98 Å². The standard InChI is InChI=1S/C20H20F3NO5/c21-20(22,23)14-6-5-12(13(24-14)9-29-15-2-1-7-28-15)19(27)16-17(25)10-3-4-11(8-10)18(16)26/h5-6,10-11,15,25H,1-4,7-9H2. The highest BCUT2D eigenvalue weighted by molar-refractivity contribution is 6.28. The lowest BCUT2D eigenvalue weighted by Crippen LogP contribution is -2.28. The molecule has 2 bridgehead atoms. The molecule has 4 rings (SSSR count). The number of hydrogen-bond acceptors (Lipinski definition) is 6. The van der Waals surface area contributed by atoms with E-state index in [9.17, 15) is 27.9 Å². The fourth-order valence-corrected chi connectivity index (χ4v) is 4.19. The highest BCUT2D eigenvalue weighted by Gasteiger charge is 2.44. The summed E-state index contributed by atoms with van der Waals surface area (Å²) in [5.41, 5.74) is -1.89. The molecule has 3 atom stereocenters. The number of aromatic nitrogens is 1. The summed E-state index contributed by atoms with van der Waals surface area (Å²) in [6.45, 7) is 0.120. The second-order valence-electron chi connectivity index (χ2n) is 7.60. The van der Waals surface area contributed by atoms with Gasteiger partial charge in [0.25, 0.3) is 0 Å². The molecule has 2 fully saturated rings. The number of carbonyl (C=O) groups excluding carboxylic acids is 2. The molecular weight excluding hydrogens is 391 g/mol. The van der Waals surface area contributed by atoms with Crippen molar-refractivity contribution in [2.45, 2.75) is 51.2 Å². The van der Waals surface area contributed by atoms with Crippen molar-refractivity contribution in [2.24, 2.45) is 11.8 Å². The SMILES string of the molecule is O=C(C1=C(O)C2CCC(C2)C1=O)c1ccc(C(F)(F)F)nc1COC1CCCO1. The van der Waals surface area contributed by atoms with Crippen molar-refractivity contribution in [3.05, 3.63) is 40.4 Å². The first-order chi connectivity index (χ1) is 13.8. The fraction of sp³-hybridized carbons (Fsp3) is 0.550. The summed E-state index contributed by atoms with van der Waals surface area (Å²) in [6.07, 6.45) is -2.21. The smallest absolute Gasteiger partial charge is 0.433 e. The number of allylic oxidation sites excluding steroid dienone is 2. The zero-order valence-corrected chi connectivity index (χ0v) is 15.5. The number of hydrogen-bond donors (Lipinski definition) is 1. The first kappa shape index (κ1) is 20.0. The van der Waals surface area contributed by atoms with E-state index in [1.807, 2.05) is 0 Å². The second-order valence-corrected chi connectivity index (χ2v) is 7.60. The Bertz CT molecular complexity index is 873. The van der Waals surface area contributed by atoms with Gasteiger partial charge in [-0.3, -0.25) is 9.59 Å². The number of aliphatic hydroxyl groups is 1. The molecule has 1 aromatic heterocycles. The van der Waals surface area contributed by atoms with E-state index in [1.54, 1.807) is 0 Å². The number of alkyl halides is 3. The number of Topliss-reactive ketones (excluding diaryl/α,β-unsaturated/α-hetero) is 2. The molecule has 0 radical (unpaired) electrons. The van der Waals surface area contributed by atoms with Gasteiger partial charge in [-0.05, 0) is 37.8 Å². The number of fused-ring (bicyclic) bond motifs is 2. The van der Waals surface area contributed by atoms with Crippen LogP contribution in [0.25, 0.3) is 0 Å². The lowest BCUT2D eigenvalue weighted by molar-refractivity contribution is -0.142. The van der Waals surface area contributed by atoms with E-state index in [0.29, 0.717) is 38.4 Å². The van der Waals surface area contributed by atoms with Crippen molar-refractivity contribution in [2.75, 3.05) is 6.61 Å². The summed E-state index contributed by atoms with van der Waals surface area (Å²) in [5, 5.41) is 10.4. The van der Waals surface area contributed by atoms with Crippen molar-refractivity contribution in [3.63, 3.8) is 0 Å². The van der Waals surface area contributed by atoms with Crippen molar-refractivity contribution >= 4 is 11.6 Å². The molecule has 1 N–H and O–H groups in total. The van der Waals surface area contributed by atoms with Crippen LogP contribution in [0.1, 0.15) is 53.8 Å². The first-order valence-corrected chi connectivity index (χ1v) is 9.58. The predicted octanol–water partition coefficient (Wildman–Crippen LogP) is 3.75. The average molecular weight is 411 g/mol. The van der Waals surface area contributed by atoms with Gasteiger partial charge in [0.15, 0.2) is 12.1 Å². The van der Waals surface area contributed by atoms with E-state index >= 15 is 0 Å². The molecule has 1 aliphatic heterocycles. The number of rotatable bonds is 5. The largest absolute Gasteiger partial charge is 0.511 e. The highest BCUT2D eigenvalue weighted by Crippen LogP contribution is 2.43. The van der Waals surface area contributed by atoms with Gasteiger partial charge in [0.2, 0.25) is 5.78 Å². The van der Waals surface area contributed by atoms with Crippen LogP contribution in [0.5, 0.6) is 0 Å². The predicted molar refractivity (Wildman–Crippen MR) is 92.8 cm³/mol. The van der Waals surface area contributed by atoms with Gasteiger partial charge in [-0.25, -0.2) is 4.98 Å². The molecule has 3 aliphatic rings. The zero-order chi connectivity index (χ0) is 20.8. The molecule has 1 aromatic rings. The number of pyridine rings is 1. The minimum atomic E-state index is -4.69. The van der Waals surface area contributed by atoms with Crippen LogP contribution in [0, 0.1) is 11.8 Å². The minimum Gasteiger partial charge on any atom is -0.511 e. The Kier molecular flexibility index (Phi) is 5.20. The van der Waals surface area contributed by atoms with Gasteiger partial charge in [-0.15, -0.1) is 0 Å². The summed E-state index contributed by atoms with van der Waals surface area (Å²) >= 11 is 0. The molecule has 1 saturated carbocycles. The van der Waals surface area contributed by atoms with E-state index in [4.69, 9.17) is 9.47 Å². The van der Waals surface area contributed by atoms with Gasteiger partial charge in [-0.1, -0.05) is 0 Å². The van der Waals surface area contributed by atoms with Crippen molar-refractivity contribution in [3.8, 4) is 0 Å².